The lowest BCUT2D eigenvalue weighted by Crippen LogP contribution is -2.39. The van der Waals surface area contributed by atoms with Crippen molar-refractivity contribution in [3.63, 3.8) is 0 Å². The lowest BCUT2D eigenvalue weighted by molar-refractivity contribution is -0.157. The maximum absolute atomic E-state index is 11.9. The van der Waals surface area contributed by atoms with Gasteiger partial charge in [-0.1, -0.05) is 39.5 Å². The van der Waals surface area contributed by atoms with Crippen molar-refractivity contribution < 1.29 is 19.4 Å². The van der Waals surface area contributed by atoms with Crippen LogP contribution in [0.2, 0.25) is 0 Å². The van der Waals surface area contributed by atoms with Crippen LogP contribution < -0.4 is 0 Å². The molecule has 2 fully saturated rings. The molecule has 0 aromatic carbocycles. The second kappa shape index (κ2) is 9.29. The summed E-state index contributed by atoms with van der Waals surface area (Å²) in [6.07, 6.45) is 7.91. The van der Waals surface area contributed by atoms with Gasteiger partial charge in [-0.3, -0.25) is 9.59 Å². The summed E-state index contributed by atoms with van der Waals surface area (Å²) in [5.41, 5.74) is -0.716. The fraction of sp³-hybridized carbons (Fsp3) is 0.889. The van der Waals surface area contributed by atoms with E-state index in [0.717, 1.165) is 38.5 Å². The van der Waals surface area contributed by atoms with Crippen LogP contribution in [-0.4, -0.2) is 29.6 Å². The molecule has 1 N–H and O–H groups in total. The van der Waals surface area contributed by atoms with Crippen molar-refractivity contribution in [2.24, 2.45) is 11.3 Å². The van der Waals surface area contributed by atoms with Crippen LogP contribution in [0.3, 0.4) is 0 Å². The molecule has 4 heteroatoms. The SMILES string of the molecule is CC.CC(CC(=O)C1CCC1)OCC1(C(=O)O)CCCCC1. The standard InChI is InChI=1S/C16H26O4.C2H6/c1-12(10-14(17)13-6-5-7-13)20-11-16(15(18)19)8-3-2-4-9-16;1-2/h12-13H,2-11H2,1H3,(H,18,19);1-2H3. The molecule has 0 heterocycles. The van der Waals surface area contributed by atoms with Gasteiger partial charge in [-0.2, -0.15) is 0 Å². The van der Waals surface area contributed by atoms with Gasteiger partial charge in [0.2, 0.25) is 0 Å². The molecule has 0 spiro atoms. The van der Waals surface area contributed by atoms with Crippen LogP contribution in [0.25, 0.3) is 0 Å². The number of rotatable bonds is 7. The average Bonchev–Trinajstić information content (AvgIpc) is 2.46. The van der Waals surface area contributed by atoms with Crippen molar-refractivity contribution in [2.75, 3.05) is 6.61 Å². The van der Waals surface area contributed by atoms with Crippen molar-refractivity contribution in [3.05, 3.63) is 0 Å². The summed E-state index contributed by atoms with van der Waals surface area (Å²) in [6.45, 7) is 6.14. The van der Waals surface area contributed by atoms with E-state index in [2.05, 4.69) is 0 Å². The highest BCUT2D eigenvalue weighted by molar-refractivity contribution is 5.82. The zero-order valence-corrected chi connectivity index (χ0v) is 14.4. The lowest BCUT2D eigenvalue weighted by Gasteiger charge is -2.34. The summed E-state index contributed by atoms with van der Waals surface area (Å²) in [4.78, 5) is 23.4. The van der Waals surface area contributed by atoms with Crippen molar-refractivity contribution in [2.45, 2.75) is 84.7 Å². The summed E-state index contributed by atoms with van der Waals surface area (Å²) < 4.78 is 5.73. The molecular formula is C18H32O4. The fourth-order valence-corrected chi connectivity index (χ4v) is 3.19. The minimum Gasteiger partial charge on any atom is -0.481 e. The number of carbonyl (C=O) groups excluding carboxylic acids is 1. The molecule has 1 unspecified atom stereocenters. The molecule has 0 aromatic heterocycles. The van der Waals surface area contributed by atoms with E-state index in [1.807, 2.05) is 20.8 Å². The quantitative estimate of drug-likeness (QED) is 0.764. The van der Waals surface area contributed by atoms with Gasteiger partial charge < -0.3 is 9.84 Å². The molecule has 2 rings (SSSR count). The third-order valence-electron chi connectivity index (χ3n) is 4.96. The number of carbonyl (C=O) groups is 2. The van der Waals surface area contributed by atoms with Crippen LogP contribution in [0.1, 0.15) is 78.6 Å². The molecular weight excluding hydrogens is 280 g/mol. The molecule has 1 atom stereocenters. The van der Waals surface area contributed by atoms with E-state index in [4.69, 9.17) is 4.74 Å². The van der Waals surface area contributed by atoms with Crippen molar-refractivity contribution in [1.29, 1.82) is 0 Å². The summed E-state index contributed by atoms with van der Waals surface area (Å²) >= 11 is 0. The van der Waals surface area contributed by atoms with Crippen molar-refractivity contribution >= 4 is 11.8 Å². The first-order chi connectivity index (χ1) is 10.5. The van der Waals surface area contributed by atoms with E-state index >= 15 is 0 Å². The highest BCUT2D eigenvalue weighted by Crippen LogP contribution is 2.37. The van der Waals surface area contributed by atoms with Gasteiger partial charge in [0.15, 0.2) is 0 Å². The van der Waals surface area contributed by atoms with E-state index in [1.165, 1.54) is 0 Å². The largest absolute Gasteiger partial charge is 0.481 e. The molecule has 0 aliphatic heterocycles. The molecule has 128 valence electrons. The van der Waals surface area contributed by atoms with E-state index in [-0.39, 0.29) is 24.4 Å². The Bertz CT molecular complexity index is 354. The van der Waals surface area contributed by atoms with Crippen LogP contribution in [0.4, 0.5) is 0 Å². The first kappa shape index (κ1) is 19.1. The van der Waals surface area contributed by atoms with Crippen molar-refractivity contribution in [3.8, 4) is 0 Å². The minimum atomic E-state index is -0.741. The maximum Gasteiger partial charge on any atom is 0.311 e. The van der Waals surface area contributed by atoms with Gasteiger partial charge in [-0.25, -0.2) is 0 Å². The van der Waals surface area contributed by atoms with Crippen LogP contribution in [0.5, 0.6) is 0 Å². The topological polar surface area (TPSA) is 63.6 Å². The number of hydrogen-bond acceptors (Lipinski definition) is 3. The van der Waals surface area contributed by atoms with Gasteiger partial charge in [-0.15, -0.1) is 0 Å². The Morgan fingerprint density at radius 3 is 2.18 bits per heavy atom. The van der Waals surface area contributed by atoms with Crippen LogP contribution in [0.15, 0.2) is 0 Å². The Balaban J connectivity index is 0.00000116. The number of aliphatic carboxylic acids is 1. The third kappa shape index (κ3) is 5.08. The molecule has 2 saturated carbocycles. The Morgan fingerprint density at radius 2 is 1.73 bits per heavy atom. The summed E-state index contributed by atoms with van der Waals surface area (Å²) in [6, 6.07) is 0. The lowest BCUT2D eigenvalue weighted by atomic mass is 9.74. The third-order valence-corrected chi connectivity index (χ3v) is 4.96. The molecule has 4 nitrogen and oxygen atoms in total. The molecule has 2 aliphatic carbocycles. The number of carboxylic acids is 1. The molecule has 0 bridgehead atoms. The zero-order valence-electron chi connectivity index (χ0n) is 14.4. The minimum absolute atomic E-state index is 0.166. The first-order valence-electron chi connectivity index (χ1n) is 8.91. The zero-order chi connectivity index (χ0) is 16.6. The number of ether oxygens (including phenoxy) is 1. The monoisotopic (exact) mass is 312 g/mol. The molecule has 0 radical (unpaired) electrons. The van der Waals surface area contributed by atoms with E-state index < -0.39 is 11.4 Å². The second-order valence-electron chi connectivity index (χ2n) is 6.57. The average molecular weight is 312 g/mol. The predicted octanol–water partition coefficient (Wildman–Crippen LogP) is 4.21. The molecule has 0 aromatic rings. The summed E-state index contributed by atoms with van der Waals surface area (Å²) in [7, 11) is 0. The Kier molecular flexibility index (Phi) is 8.08. The van der Waals surface area contributed by atoms with Gasteiger partial charge in [0.25, 0.3) is 0 Å². The molecule has 0 saturated heterocycles. The van der Waals surface area contributed by atoms with Gasteiger partial charge in [-0.05, 0) is 32.6 Å². The molecule has 22 heavy (non-hydrogen) atoms. The Hall–Kier alpha value is -0.900. The molecule has 0 amide bonds. The van der Waals surface area contributed by atoms with Crippen LogP contribution >= 0.6 is 0 Å². The highest BCUT2D eigenvalue weighted by Gasteiger charge is 2.40. The Morgan fingerprint density at radius 1 is 1.14 bits per heavy atom. The second-order valence-corrected chi connectivity index (χ2v) is 6.57. The summed E-state index contributed by atoms with van der Waals surface area (Å²) in [5.74, 6) is -0.212. The van der Waals surface area contributed by atoms with Crippen molar-refractivity contribution in [1.82, 2.24) is 0 Å². The maximum atomic E-state index is 11.9. The highest BCUT2D eigenvalue weighted by atomic mass is 16.5. The summed E-state index contributed by atoms with van der Waals surface area (Å²) in [5, 5.41) is 9.47. The number of Topliss-reactive ketones (excluding diaryl/α,β-unsaturated/α-hetero) is 1. The normalized spacial score (nSPS) is 22.0. The van der Waals surface area contributed by atoms with Gasteiger partial charge in [0.05, 0.1) is 18.1 Å². The number of ketones is 1. The Labute approximate surface area is 134 Å². The van der Waals surface area contributed by atoms with Crippen LogP contribution in [-0.2, 0) is 14.3 Å². The van der Waals surface area contributed by atoms with E-state index in [1.54, 1.807) is 0 Å². The van der Waals surface area contributed by atoms with E-state index in [0.29, 0.717) is 19.3 Å². The number of carboxylic acid groups (broad SMARTS) is 1. The smallest absolute Gasteiger partial charge is 0.311 e. The van der Waals surface area contributed by atoms with Gasteiger partial charge in [0, 0.05) is 12.3 Å². The van der Waals surface area contributed by atoms with Gasteiger partial charge >= 0.3 is 5.97 Å². The fourth-order valence-electron chi connectivity index (χ4n) is 3.19. The molecule has 2 aliphatic rings. The number of hydrogen-bond donors (Lipinski definition) is 1. The predicted molar refractivity (Wildman–Crippen MR) is 86.9 cm³/mol. The first-order valence-corrected chi connectivity index (χ1v) is 8.91. The van der Waals surface area contributed by atoms with Crippen LogP contribution in [0, 0.1) is 11.3 Å². The van der Waals surface area contributed by atoms with E-state index in [9.17, 15) is 14.7 Å². The van der Waals surface area contributed by atoms with Gasteiger partial charge in [0.1, 0.15) is 5.78 Å².